The highest BCUT2D eigenvalue weighted by Crippen LogP contribution is 2.20. The summed E-state index contributed by atoms with van der Waals surface area (Å²) in [5, 5.41) is 5.47. The Morgan fingerprint density at radius 2 is 1.87 bits per heavy atom. The lowest BCUT2D eigenvalue weighted by Gasteiger charge is -2.24. The first kappa shape index (κ1) is 18.7. The van der Waals surface area contributed by atoms with Crippen LogP contribution in [0.15, 0.2) is 24.3 Å². The van der Waals surface area contributed by atoms with Gasteiger partial charge in [-0.3, -0.25) is 9.59 Å². The number of amides is 2. The van der Waals surface area contributed by atoms with Gasteiger partial charge in [-0.15, -0.1) is 0 Å². The topological polar surface area (TPSA) is 84.5 Å². The van der Waals surface area contributed by atoms with Crippen LogP contribution in [0.2, 0.25) is 0 Å². The second-order valence-electron chi connectivity index (χ2n) is 5.93. The average molecular weight is 320 g/mol. The molecule has 0 bridgehead atoms. The molecule has 0 saturated heterocycles. The van der Waals surface area contributed by atoms with Gasteiger partial charge in [0.05, 0.1) is 12.7 Å². The molecule has 1 aromatic carbocycles. The highest BCUT2D eigenvalue weighted by molar-refractivity contribution is 6.10. The molecule has 0 heterocycles. The van der Waals surface area contributed by atoms with Crippen LogP contribution in [0.25, 0.3) is 0 Å². The molecule has 0 spiro atoms. The highest BCUT2D eigenvalue weighted by atomic mass is 16.5. The SMILES string of the molecule is CCC(C)NC(=O)C(C)(C)C(=O)Nc1cccc(C(=O)OC)c1. The Morgan fingerprint density at radius 1 is 1.22 bits per heavy atom. The molecule has 23 heavy (non-hydrogen) atoms. The number of rotatable bonds is 6. The second kappa shape index (κ2) is 7.76. The predicted molar refractivity (Wildman–Crippen MR) is 88.1 cm³/mol. The van der Waals surface area contributed by atoms with E-state index in [4.69, 9.17) is 0 Å². The Bertz CT molecular complexity index is 596. The first-order chi connectivity index (χ1) is 10.7. The van der Waals surface area contributed by atoms with Crippen LogP contribution in [0, 0.1) is 5.41 Å². The van der Waals surface area contributed by atoms with Gasteiger partial charge in [-0.25, -0.2) is 4.79 Å². The van der Waals surface area contributed by atoms with Gasteiger partial charge in [0.1, 0.15) is 5.41 Å². The monoisotopic (exact) mass is 320 g/mol. The van der Waals surface area contributed by atoms with Crippen LogP contribution in [0.1, 0.15) is 44.5 Å². The third-order valence-corrected chi connectivity index (χ3v) is 3.67. The average Bonchev–Trinajstić information content (AvgIpc) is 2.53. The predicted octanol–water partition coefficient (Wildman–Crippen LogP) is 2.35. The van der Waals surface area contributed by atoms with Crippen molar-refractivity contribution < 1.29 is 19.1 Å². The number of carbonyl (C=O) groups excluding carboxylic acids is 3. The number of ether oxygens (including phenoxy) is 1. The van der Waals surface area contributed by atoms with Crippen LogP contribution >= 0.6 is 0 Å². The van der Waals surface area contributed by atoms with Crippen LogP contribution < -0.4 is 10.6 Å². The lowest BCUT2D eigenvalue weighted by atomic mass is 9.90. The molecule has 1 aromatic rings. The molecule has 6 heteroatoms. The van der Waals surface area contributed by atoms with Gasteiger partial charge in [0.2, 0.25) is 11.8 Å². The zero-order valence-electron chi connectivity index (χ0n) is 14.2. The number of anilines is 1. The number of hydrogen-bond donors (Lipinski definition) is 2. The molecule has 0 aliphatic rings. The zero-order chi connectivity index (χ0) is 17.6. The molecule has 126 valence electrons. The second-order valence-corrected chi connectivity index (χ2v) is 5.93. The number of esters is 1. The van der Waals surface area contributed by atoms with Crippen molar-refractivity contribution in [1.82, 2.24) is 5.32 Å². The van der Waals surface area contributed by atoms with Gasteiger partial charge in [0.15, 0.2) is 0 Å². The molecule has 0 aromatic heterocycles. The zero-order valence-corrected chi connectivity index (χ0v) is 14.2. The van der Waals surface area contributed by atoms with E-state index in [2.05, 4.69) is 15.4 Å². The maximum Gasteiger partial charge on any atom is 0.337 e. The van der Waals surface area contributed by atoms with Crippen LogP contribution in [-0.4, -0.2) is 30.9 Å². The summed E-state index contributed by atoms with van der Waals surface area (Å²) in [5.74, 6) is -1.27. The van der Waals surface area contributed by atoms with Crippen LogP contribution in [0.4, 0.5) is 5.69 Å². The van der Waals surface area contributed by atoms with Crippen molar-refractivity contribution >= 4 is 23.5 Å². The summed E-state index contributed by atoms with van der Waals surface area (Å²) in [5.41, 5.74) is -0.473. The number of carbonyl (C=O) groups is 3. The van der Waals surface area contributed by atoms with Gasteiger partial charge < -0.3 is 15.4 Å². The highest BCUT2D eigenvalue weighted by Gasteiger charge is 2.36. The van der Waals surface area contributed by atoms with Gasteiger partial charge in [0.25, 0.3) is 0 Å². The van der Waals surface area contributed by atoms with Gasteiger partial charge in [-0.2, -0.15) is 0 Å². The van der Waals surface area contributed by atoms with Crippen LogP contribution in [0.5, 0.6) is 0 Å². The summed E-state index contributed by atoms with van der Waals surface area (Å²) in [7, 11) is 1.29. The molecule has 0 aliphatic carbocycles. The van der Waals surface area contributed by atoms with E-state index in [0.717, 1.165) is 6.42 Å². The van der Waals surface area contributed by atoms with E-state index in [0.29, 0.717) is 11.3 Å². The molecule has 0 radical (unpaired) electrons. The van der Waals surface area contributed by atoms with Crippen molar-refractivity contribution in [2.75, 3.05) is 12.4 Å². The van der Waals surface area contributed by atoms with Gasteiger partial charge in [0, 0.05) is 11.7 Å². The quantitative estimate of drug-likeness (QED) is 0.622. The number of benzene rings is 1. The molecule has 6 nitrogen and oxygen atoms in total. The first-order valence-electron chi connectivity index (χ1n) is 7.53. The molecule has 2 amide bonds. The maximum atomic E-state index is 12.4. The summed E-state index contributed by atoms with van der Waals surface area (Å²) in [6.45, 7) is 6.95. The number of hydrogen-bond acceptors (Lipinski definition) is 4. The Hall–Kier alpha value is -2.37. The molecule has 0 aliphatic heterocycles. The minimum atomic E-state index is -1.23. The van der Waals surface area contributed by atoms with E-state index >= 15 is 0 Å². The first-order valence-corrected chi connectivity index (χ1v) is 7.53. The van der Waals surface area contributed by atoms with Gasteiger partial charge >= 0.3 is 5.97 Å². The Balaban J connectivity index is 2.85. The molecule has 1 rings (SSSR count). The van der Waals surface area contributed by atoms with E-state index in [1.54, 1.807) is 32.0 Å². The maximum absolute atomic E-state index is 12.4. The molecule has 0 fully saturated rings. The van der Waals surface area contributed by atoms with Crippen molar-refractivity contribution in [3.63, 3.8) is 0 Å². The van der Waals surface area contributed by atoms with Crippen molar-refractivity contribution in [3.8, 4) is 0 Å². The lowest BCUT2D eigenvalue weighted by molar-refractivity contribution is -0.138. The molecular weight excluding hydrogens is 296 g/mol. The van der Waals surface area contributed by atoms with Crippen LogP contribution in [0.3, 0.4) is 0 Å². The fourth-order valence-corrected chi connectivity index (χ4v) is 1.74. The molecular formula is C17H24N2O4. The summed E-state index contributed by atoms with van der Waals surface area (Å²) >= 11 is 0. The standard InChI is InChI=1S/C17H24N2O4/c1-6-11(2)18-15(21)17(3,4)16(22)19-13-9-7-8-12(10-13)14(20)23-5/h7-11H,6H2,1-5H3,(H,18,21)(H,19,22). The molecule has 1 atom stereocenters. The van der Waals surface area contributed by atoms with Crippen molar-refractivity contribution in [3.05, 3.63) is 29.8 Å². The smallest absolute Gasteiger partial charge is 0.337 e. The van der Waals surface area contributed by atoms with Gasteiger partial charge in [-0.1, -0.05) is 13.0 Å². The minimum absolute atomic E-state index is 0.00257. The van der Waals surface area contributed by atoms with E-state index in [9.17, 15) is 14.4 Å². The van der Waals surface area contributed by atoms with E-state index in [1.165, 1.54) is 13.2 Å². The Labute approximate surface area is 136 Å². The van der Waals surface area contributed by atoms with Crippen molar-refractivity contribution in [1.29, 1.82) is 0 Å². The Kier molecular flexibility index (Phi) is 6.30. The van der Waals surface area contributed by atoms with Gasteiger partial charge in [-0.05, 0) is 45.4 Å². The Morgan fingerprint density at radius 3 is 2.43 bits per heavy atom. The summed E-state index contributed by atoms with van der Waals surface area (Å²) in [4.78, 5) is 36.2. The summed E-state index contributed by atoms with van der Waals surface area (Å²) in [6, 6.07) is 6.37. The molecule has 0 saturated carbocycles. The summed E-state index contributed by atoms with van der Waals surface area (Å²) < 4.78 is 4.64. The molecule has 2 N–H and O–H groups in total. The third kappa shape index (κ3) is 4.81. The fraction of sp³-hybridized carbons (Fsp3) is 0.471. The fourth-order valence-electron chi connectivity index (χ4n) is 1.74. The number of nitrogens with one attached hydrogen (secondary N) is 2. The minimum Gasteiger partial charge on any atom is -0.465 e. The van der Waals surface area contributed by atoms with E-state index < -0.39 is 17.3 Å². The largest absolute Gasteiger partial charge is 0.465 e. The lowest BCUT2D eigenvalue weighted by Crippen LogP contribution is -2.47. The molecule has 1 unspecified atom stereocenters. The van der Waals surface area contributed by atoms with Crippen molar-refractivity contribution in [2.45, 2.75) is 40.2 Å². The third-order valence-electron chi connectivity index (χ3n) is 3.67. The van der Waals surface area contributed by atoms with E-state index in [1.807, 2.05) is 13.8 Å². The summed E-state index contributed by atoms with van der Waals surface area (Å²) in [6.07, 6.45) is 0.782. The van der Waals surface area contributed by atoms with Crippen LogP contribution in [-0.2, 0) is 14.3 Å². The van der Waals surface area contributed by atoms with E-state index in [-0.39, 0.29) is 11.9 Å². The number of methoxy groups -OCH3 is 1. The normalized spacial score (nSPS) is 12.2. The van der Waals surface area contributed by atoms with Crippen molar-refractivity contribution in [2.24, 2.45) is 5.41 Å².